The van der Waals surface area contributed by atoms with Gasteiger partial charge in [0.1, 0.15) is 5.75 Å². The van der Waals surface area contributed by atoms with Crippen LogP contribution in [0.2, 0.25) is 0 Å². The summed E-state index contributed by atoms with van der Waals surface area (Å²) in [6.45, 7) is 4.46. The van der Waals surface area contributed by atoms with Crippen LogP contribution in [0.3, 0.4) is 0 Å². The standard InChI is InChI=1S/C16H19N3O2/c1-3-21-13-7-5-12(6-8-13)18-16(20)14-10-11(2)4-9-15(14)19-17/h4-10,19H,3,17H2,1-2H3,(H,18,20). The second-order valence-corrected chi connectivity index (χ2v) is 4.60. The Kier molecular flexibility index (Phi) is 4.79. The molecule has 2 aromatic rings. The van der Waals surface area contributed by atoms with E-state index in [0.717, 1.165) is 11.3 Å². The van der Waals surface area contributed by atoms with Gasteiger partial charge in [0.2, 0.25) is 0 Å². The molecule has 0 unspecified atom stereocenters. The number of anilines is 2. The third-order valence-electron chi connectivity index (χ3n) is 3.00. The van der Waals surface area contributed by atoms with E-state index in [1.54, 1.807) is 24.3 Å². The summed E-state index contributed by atoms with van der Waals surface area (Å²) < 4.78 is 5.36. The summed E-state index contributed by atoms with van der Waals surface area (Å²) in [7, 11) is 0. The Hall–Kier alpha value is -2.53. The van der Waals surface area contributed by atoms with E-state index in [4.69, 9.17) is 10.6 Å². The lowest BCUT2D eigenvalue weighted by atomic mass is 10.1. The lowest BCUT2D eigenvalue weighted by Crippen LogP contribution is -2.17. The fourth-order valence-corrected chi connectivity index (χ4v) is 1.97. The molecule has 0 aliphatic heterocycles. The Bertz CT molecular complexity index is 624. The maximum Gasteiger partial charge on any atom is 0.257 e. The number of nitrogens with one attached hydrogen (secondary N) is 2. The molecule has 0 atom stereocenters. The van der Waals surface area contributed by atoms with Gasteiger partial charge in [-0.25, -0.2) is 0 Å². The molecule has 5 heteroatoms. The highest BCUT2D eigenvalue weighted by Crippen LogP contribution is 2.20. The molecule has 2 rings (SSSR count). The Balaban J connectivity index is 2.15. The maximum absolute atomic E-state index is 12.3. The van der Waals surface area contributed by atoms with Crippen LogP contribution in [0.1, 0.15) is 22.8 Å². The van der Waals surface area contributed by atoms with Crippen molar-refractivity contribution >= 4 is 17.3 Å². The van der Waals surface area contributed by atoms with Gasteiger partial charge < -0.3 is 15.5 Å². The molecule has 0 saturated carbocycles. The van der Waals surface area contributed by atoms with Gasteiger partial charge in [0.05, 0.1) is 17.9 Å². The van der Waals surface area contributed by atoms with Gasteiger partial charge >= 0.3 is 0 Å². The first-order valence-corrected chi connectivity index (χ1v) is 6.75. The van der Waals surface area contributed by atoms with Crippen LogP contribution in [0.5, 0.6) is 5.75 Å². The minimum absolute atomic E-state index is 0.212. The summed E-state index contributed by atoms with van der Waals surface area (Å²) >= 11 is 0. The Labute approximate surface area is 124 Å². The first-order chi connectivity index (χ1) is 10.1. The number of benzene rings is 2. The molecular formula is C16H19N3O2. The quantitative estimate of drug-likeness (QED) is 0.583. The topological polar surface area (TPSA) is 76.4 Å². The lowest BCUT2D eigenvalue weighted by molar-refractivity contribution is 0.102. The molecule has 0 spiro atoms. The molecule has 0 fully saturated rings. The van der Waals surface area contributed by atoms with E-state index in [-0.39, 0.29) is 5.91 Å². The fraction of sp³-hybridized carbons (Fsp3) is 0.188. The van der Waals surface area contributed by atoms with Crippen molar-refractivity contribution in [3.63, 3.8) is 0 Å². The smallest absolute Gasteiger partial charge is 0.257 e. The number of nitrogen functional groups attached to an aromatic ring is 1. The Morgan fingerprint density at radius 2 is 1.90 bits per heavy atom. The van der Waals surface area contributed by atoms with Crippen LogP contribution in [0.15, 0.2) is 42.5 Å². The van der Waals surface area contributed by atoms with Gasteiger partial charge in [0.15, 0.2) is 0 Å². The van der Waals surface area contributed by atoms with Crippen LogP contribution in [-0.2, 0) is 0 Å². The van der Waals surface area contributed by atoms with E-state index >= 15 is 0 Å². The maximum atomic E-state index is 12.3. The number of carbonyl (C=O) groups is 1. The molecule has 0 aliphatic carbocycles. The number of aryl methyl sites for hydroxylation is 1. The fourth-order valence-electron chi connectivity index (χ4n) is 1.97. The number of ether oxygens (including phenoxy) is 1. The predicted octanol–water partition coefficient (Wildman–Crippen LogP) is 2.93. The molecule has 0 bridgehead atoms. The minimum Gasteiger partial charge on any atom is -0.494 e. The number of carbonyl (C=O) groups excluding carboxylic acids is 1. The van der Waals surface area contributed by atoms with Crippen molar-refractivity contribution in [2.45, 2.75) is 13.8 Å². The van der Waals surface area contributed by atoms with Gasteiger partial charge in [-0.2, -0.15) is 0 Å². The average Bonchev–Trinajstić information content (AvgIpc) is 2.49. The molecule has 110 valence electrons. The Morgan fingerprint density at radius 1 is 1.19 bits per heavy atom. The number of hydrogen-bond acceptors (Lipinski definition) is 4. The van der Waals surface area contributed by atoms with Gasteiger partial charge in [0.25, 0.3) is 5.91 Å². The number of hydrogen-bond donors (Lipinski definition) is 3. The highest BCUT2D eigenvalue weighted by atomic mass is 16.5. The number of nitrogens with two attached hydrogens (primary N) is 1. The molecule has 0 aromatic heterocycles. The minimum atomic E-state index is -0.212. The van der Waals surface area contributed by atoms with Crippen molar-refractivity contribution in [2.75, 3.05) is 17.3 Å². The number of rotatable bonds is 5. The monoisotopic (exact) mass is 285 g/mol. The first kappa shape index (κ1) is 14.9. The molecule has 0 radical (unpaired) electrons. The summed E-state index contributed by atoms with van der Waals surface area (Å²) in [5.74, 6) is 6.00. The lowest BCUT2D eigenvalue weighted by Gasteiger charge is -2.11. The van der Waals surface area contributed by atoms with E-state index in [2.05, 4.69) is 10.7 Å². The Morgan fingerprint density at radius 3 is 2.52 bits per heavy atom. The van der Waals surface area contributed by atoms with Crippen molar-refractivity contribution in [2.24, 2.45) is 5.84 Å². The van der Waals surface area contributed by atoms with Crippen molar-refractivity contribution in [3.8, 4) is 5.75 Å². The van der Waals surface area contributed by atoms with Gasteiger partial charge in [-0.05, 0) is 50.2 Å². The zero-order valence-corrected chi connectivity index (χ0v) is 12.1. The molecule has 1 amide bonds. The molecule has 0 heterocycles. The summed E-state index contributed by atoms with van der Waals surface area (Å²) in [6, 6.07) is 12.7. The van der Waals surface area contributed by atoms with Crippen LogP contribution in [-0.4, -0.2) is 12.5 Å². The summed E-state index contributed by atoms with van der Waals surface area (Å²) in [6.07, 6.45) is 0. The first-order valence-electron chi connectivity index (χ1n) is 6.75. The van der Waals surface area contributed by atoms with Gasteiger partial charge in [0, 0.05) is 5.69 Å². The van der Waals surface area contributed by atoms with E-state index < -0.39 is 0 Å². The zero-order valence-electron chi connectivity index (χ0n) is 12.1. The van der Waals surface area contributed by atoms with E-state index in [1.807, 2.05) is 32.0 Å². The molecule has 0 saturated heterocycles. The van der Waals surface area contributed by atoms with E-state index in [0.29, 0.717) is 23.5 Å². The molecule has 21 heavy (non-hydrogen) atoms. The molecular weight excluding hydrogens is 266 g/mol. The second-order valence-electron chi connectivity index (χ2n) is 4.60. The van der Waals surface area contributed by atoms with E-state index in [9.17, 15) is 4.79 Å². The third-order valence-corrected chi connectivity index (χ3v) is 3.00. The molecule has 4 N–H and O–H groups in total. The van der Waals surface area contributed by atoms with E-state index in [1.165, 1.54) is 0 Å². The van der Waals surface area contributed by atoms with Crippen LogP contribution in [0.25, 0.3) is 0 Å². The number of hydrazine groups is 1. The van der Waals surface area contributed by atoms with Crippen molar-refractivity contribution in [1.29, 1.82) is 0 Å². The average molecular weight is 285 g/mol. The highest BCUT2D eigenvalue weighted by Gasteiger charge is 2.11. The van der Waals surface area contributed by atoms with Gasteiger partial charge in [-0.3, -0.25) is 10.6 Å². The predicted molar refractivity (Wildman–Crippen MR) is 84.6 cm³/mol. The highest BCUT2D eigenvalue weighted by molar-refractivity contribution is 6.08. The van der Waals surface area contributed by atoms with Gasteiger partial charge in [-0.1, -0.05) is 11.6 Å². The van der Waals surface area contributed by atoms with Crippen molar-refractivity contribution < 1.29 is 9.53 Å². The second kappa shape index (κ2) is 6.76. The molecule has 5 nitrogen and oxygen atoms in total. The van der Waals surface area contributed by atoms with Crippen molar-refractivity contribution in [3.05, 3.63) is 53.6 Å². The third kappa shape index (κ3) is 3.73. The van der Waals surface area contributed by atoms with Crippen LogP contribution >= 0.6 is 0 Å². The molecule has 2 aromatic carbocycles. The van der Waals surface area contributed by atoms with Gasteiger partial charge in [-0.15, -0.1) is 0 Å². The number of amides is 1. The zero-order chi connectivity index (χ0) is 15.2. The SMILES string of the molecule is CCOc1ccc(NC(=O)c2cc(C)ccc2NN)cc1. The van der Waals surface area contributed by atoms with Crippen molar-refractivity contribution in [1.82, 2.24) is 0 Å². The molecule has 0 aliphatic rings. The normalized spacial score (nSPS) is 10.0. The summed E-state index contributed by atoms with van der Waals surface area (Å²) in [5.41, 5.74) is 5.32. The van der Waals surface area contributed by atoms with Crippen LogP contribution < -0.4 is 21.3 Å². The van der Waals surface area contributed by atoms with Crippen LogP contribution in [0.4, 0.5) is 11.4 Å². The summed E-state index contributed by atoms with van der Waals surface area (Å²) in [5, 5.41) is 2.84. The van der Waals surface area contributed by atoms with Crippen LogP contribution in [0, 0.1) is 6.92 Å². The largest absolute Gasteiger partial charge is 0.494 e. The summed E-state index contributed by atoms with van der Waals surface area (Å²) in [4.78, 5) is 12.3.